The van der Waals surface area contributed by atoms with Crippen molar-refractivity contribution < 1.29 is 4.74 Å². The molecule has 0 unspecified atom stereocenters. The molecule has 0 saturated heterocycles. The van der Waals surface area contributed by atoms with Gasteiger partial charge in [0.05, 0.1) is 5.41 Å². The van der Waals surface area contributed by atoms with Crippen molar-refractivity contribution in [3.63, 3.8) is 0 Å². The SMILES string of the molecule is c1ccc2c(c1)Oc1c(cc(-c3ccccc3-c3cccc4c3-c3ccccc3C43CCCCC3)c3ccccc13)C21c2ccccc2-c2ccccc21. The zero-order valence-electron chi connectivity index (χ0n) is 30.1. The fourth-order valence-electron chi connectivity index (χ4n) is 11.3. The second kappa shape index (κ2) is 11.2. The van der Waals surface area contributed by atoms with Crippen molar-refractivity contribution in [2.75, 3.05) is 0 Å². The first-order valence-corrected chi connectivity index (χ1v) is 19.7. The summed E-state index contributed by atoms with van der Waals surface area (Å²) < 4.78 is 7.08. The first-order valence-electron chi connectivity index (χ1n) is 19.7. The molecule has 0 aromatic heterocycles. The molecule has 0 atom stereocenters. The van der Waals surface area contributed by atoms with Crippen molar-refractivity contribution >= 4 is 10.8 Å². The lowest BCUT2D eigenvalue weighted by atomic mass is 9.65. The maximum absolute atomic E-state index is 7.08. The number of hydrogen-bond acceptors (Lipinski definition) is 1. The van der Waals surface area contributed by atoms with E-state index < -0.39 is 5.41 Å². The van der Waals surface area contributed by atoms with Gasteiger partial charge in [-0.2, -0.15) is 0 Å². The smallest absolute Gasteiger partial charge is 0.140 e. The van der Waals surface area contributed by atoms with Crippen molar-refractivity contribution in [3.05, 3.63) is 203 Å². The maximum atomic E-state index is 7.08. The fourth-order valence-corrected chi connectivity index (χ4v) is 11.3. The second-order valence-corrected chi connectivity index (χ2v) is 15.7. The topological polar surface area (TPSA) is 9.23 Å². The van der Waals surface area contributed by atoms with Crippen LogP contribution in [-0.4, -0.2) is 0 Å². The number of rotatable bonds is 2. The van der Waals surface area contributed by atoms with Crippen LogP contribution in [0.3, 0.4) is 0 Å². The van der Waals surface area contributed by atoms with Crippen LogP contribution < -0.4 is 4.74 Å². The number of benzene rings is 8. The highest BCUT2D eigenvalue weighted by Gasteiger charge is 2.52. The third kappa shape index (κ3) is 3.79. The molecule has 0 amide bonds. The normalized spacial score (nSPS) is 16.2. The average Bonchev–Trinajstić information content (AvgIpc) is 3.69. The summed E-state index contributed by atoms with van der Waals surface area (Å²) >= 11 is 0. The molecule has 1 aliphatic heterocycles. The largest absolute Gasteiger partial charge is 0.456 e. The third-order valence-corrected chi connectivity index (χ3v) is 13.4. The van der Waals surface area contributed by atoms with Gasteiger partial charge in [0.2, 0.25) is 0 Å². The average molecular weight is 691 g/mol. The van der Waals surface area contributed by atoms with Crippen LogP contribution >= 0.6 is 0 Å². The van der Waals surface area contributed by atoms with Crippen LogP contribution in [0.4, 0.5) is 0 Å². The Balaban J connectivity index is 1.17. The Morgan fingerprint density at radius 3 is 1.59 bits per heavy atom. The van der Waals surface area contributed by atoms with Gasteiger partial charge in [0, 0.05) is 21.9 Å². The highest BCUT2D eigenvalue weighted by Crippen LogP contribution is 2.64. The molecule has 4 aliphatic rings. The highest BCUT2D eigenvalue weighted by atomic mass is 16.5. The van der Waals surface area contributed by atoms with Gasteiger partial charge in [-0.3, -0.25) is 0 Å². The van der Waals surface area contributed by atoms with Gasteiger partial charge in [-0.1, -0.05) is 177 Å². The summed E-state index contributed by atoms with van der Waals surface area (Å²) in [5, 5.41) is 2.34. The Labute approximate surface area is 316 Å². The van der Waals surface area contributed by atoms with Crippen molar-refractivity contribution in [1.82, 2.24) is 0 Å². The Hall–Kier alpha value is -6.18. The van der Waals surface area contributed by atoms with Crippen LogP contribution in [0.5, 0.6) is 11.5 Å². The molecule has 1 fully saturated rings. The van der Waals surface area contributed by atoms with E-state index in [1.807, 2.05) is 0 Å². The predicted octanol–water partition coefficient (Wildman–Crippen LogP) is 13.9. The molecule has 54 heavy (non-hydrogen) atoms. The minimum atomic E-state index is -0.536. The molecular weight excluding hydrogens is 653 g/mol. The summed E-state index contributed by atoms with van der Waals surface area (Å²) in [6.45, 7) is 0. The van der Waals surface area contributed by atoms with Gasteiger partial charge < -0.3 is 4.74 Å². The molecule has 8 aromatic rings. The van der Waals surface area contributed by atoms with Crippen molar-refractivity contribution in [1.29, 1.82) is 0 Å². The van der Waals surface area contributed by atoms with Gasteiger partial charge in [0.25, 0.3) is 0 Å². The Kier molecular flexibility index (Phi) is 6.27. The lowest BCUT2D eigenvalue weighted by Gasteiger charge is -2.40. The van der Waals surface area contributed by atoms with Crippen LogP contribution in [0.2, 0.25) is 0 Å². The minimum absolute atomic E-state index is 0.105. The van der Waals surface area contributed by atoms with Gasteiger partial charge in [-0.15, -0.1) is 0 Å². The van der Waals surface area contributed by atoms with Gasteiger partial charge in [-0.25, -0.2) is 0 Å². The molecule has 1 heterocycles. The summed E-state index contributed by atoms with van der Waals surface area (Å²) in [5.41, 5.74) is 18.2. The van der Waals surface area contributed by atoms with Crippen molar-refractivity contribution in [3.8, 4) is 56.0 Å². The standard InChI is InChI=1S/C53H38O/c1-14-31-52(32-15-1)43-25-9-8-23-41(43)50-39(24-16-29-47(50)52)34-17-2-3-18-35(34)42-33-48-51(40-22-5-4-19-36(40)42)54-49-30-13-12-28-46(49)53(48)44-26-10-6-20-37(44)38-21-7-11-27-45(38)53/h2-13,16-30,33H,1,14-15,31-32H2. The van der Waals surface area contributed by atoms with Crippen molar-refractivity contribution in [2.45, 2.75) is 42.9 Å². The van der Waals surface area contributed by atoms with E-state index in [4.69, 9.17) is 4.74 Å². The summed E-state index contributed by atoms with van der Waals surface area (Å²) in [7, 11) is 0. The first-order chi connectivity index (χ1) is 26.8. The Bertz CT molecular complexity index is 2800. The zero-order chi connectivity index (χ0) is 35.4. The van der Waals surface area contributed by atoms with E-state index in [0.29, 0.717) is 0 Å². The van der Waals surface area contributed by atoms with E-state index in [1.54, 1.807) is 0 Å². The number of para-hydroxylation sites is 1. The molecule has 0 radical (unpaired) electrons. The van der Waals surface area contributed by atoms with Crippen LogP contribution in [0.1, 0.15) is 65.5 Å². The van der Waals surface area contributed by atoms with E-state index in [1.165, 1.54) is 115 Å². The Morgan fingerprint density at radius 1 is 0.352 bits per heavy atom. The van der Waals surface area contributed by atoms with Crippen LogP contribution in [-0.2, 0) is 10.8 Å². The number of hydrogen-bond donors (Lipinski definition) is 0. The van der Waals surface area contributed by atoms with E-state index in [2.05, 4.69) is 170 Å². The van der Waals surface area contributed by atoms with Crippen LogP contribution in [0, 0.1) is 0 Å². The molecule has 1 nitrogen and oxygen atoms in total. The molecular formula is C53H38O. The predicted molar refractivity (Wildman–Crippen MR) is 221 cm³/mol. The summed E-state index contributed by atoms with van der Waals surface area (Å²) in [6.07, 6.45) is 6.36. The summed E-state index contributed by atoms with van der Waals surface area (Å²) in [4.78, 5) is 0. The van der Waals surface area contributed by atoms with Crippen molar-refractivity contribution in [2.24, 2.45) is 0 Å². The van der Waals surface area contributed by atoms with E-state index in [0.717, 1.165) is 16.9 Å². The molecule has 0 N–H and O–H groups in total. The van der Waals surface area contributed by atoms with Gasteiger partial charge in [0.1, 0.15) is 11.5 Å². The van der Waals surface area contributed by atoms with Crippen LogP contribution in [0.25, 0.3) is 55.3 Å². The zero-order valence-corrected chi connectivity index (χ0v) is 30.1. The molecule has 0 bridgehead atoms. The van der Waals surface area contributed by atoms with Gasteiger partial charge in [-0.05, 0) is 97.1 Å². The second-order valence-electron chi connectivity index (χ2n) is 15.7. The number of ether oxygens (including phenoxy) is 1. The minimum Gasteiger partial charge on any atom is -0.456 e. The lowest BCUT2D eigenvalue weighted by molar-refractivity contribution is 0.353. The quantitative estimate of drug-likeness (QED) is 0.175. The van der Waals surface area contributed by atoms with E-state index in [-0.39, 0.29) is 5.41 Å². The molecule has 12 rings (SSSR count). The molecule has 256 valence electrons. The van der Waals surface area contributed by atoms with E-state index in [9.17, 15) is 0 Å². The molecule has 2 spiro atoms. The monoisotopic (exact) mass is 690 g/mol. The Morgan fingerprint density at radius 2 is 0.870 bits per heavy atom. The number of fused-ring (bicyclic) bond motifs is 16. The third-order valence-electron chi connectivity index (χ3n) is 13.4. The summed E-state index contributed by atoms with van der Waals surface area (Å²) in [6, 6.07) is 63.7. The molecule has 1 heteroatoms. The maximum Gasteiger partial charge on any atom is 0.140 e. The van der Waals surface area contributed by atoms with Gasteiger partial charge in [0.15, 0.2) is 0 Å². The highest BCUT2D eigenvalue weighted by molar-refractivity contribution is 6.07. The summed E-state index contributed by atoms with van der Waals surface area (Å²) in [5.74, 6) is 1.87. The van der Waals surface area contributed by atoms with Gasteiger partial charge >= 0.3 is 0 Å². The molecule has 8 aromatic carbocycles. The molecule has 3 aliphatic carbocycles. The fraction of sp³-hybridized carbons (Fsp3) is 0.132. The molecule has 1 saturated carbocycles. The van der Waals surface area contributed by atoms with Crippen LogP contribution in [0.15, 0.2) is 170 Å². The first kappa shape index (κ1) is 30.3. The lowest BCUT2D eigenvalue weighted by Crippen LogP contribution is -2.32. The van der Waals surface area contributed by atoms with E-state index >= 15 is 0 Å².